The molecular weight excluding hydrogens is 198 g/mol. The molecule has 0 spiro atoms. The second-order valence-corrected chi connectivity index (χ2v) is 3.65. The average molecular weight is 209 g/mol. The molecule has 0 radical (unpaired) electrons. The lowest BCUT2D eigenvalue weighted by atomic mass is 10.3. The van der Waals surface area contributed by atoms with E-state index in [4.69, 9.17) is 0 Å². The number of aromatic nitrogens is 4. The Hall–Kier alpha value is -1.43. The molecule has 0 fully saturated rings. The van der Waals surface area contributed by atoms with Crippen LogP contribution < -0.4 is 5.32 Å². The van der Waals surface area contributed by atoms with E-state index >= 15 is 0 Å². The van der Waals surface area contributed by atoms with Crippen molar-refractivity contribution in [2.24, 2.45) is 7.05 Å². The number of nitrogens with one attached hydrogen (secondary N) is 1. The first kappa shape index (κ1) is 9.14. The summed E-state index contributed by atoms with van der Waals surface area (Å²) in [5, 5.41) is 8.16. The summed E-state index contributed by atoms with van der Waals surface area (Å²) in [6.07, 6.45) is 4.30. The number of aryl methyl sites for hydroxylation is 1. The smallest absolute Gasteiger partial charge is 0.202 e. The number of hydrogen-bond donors (Lipinski definition) is 1. The predicted molar refractivity (Wildman–Crippen MR) is 55.3 cm³/mol. The Morgan fingerprint density at radius 3 is 3.14 bits per heavy atom. The Morgan fingerprint density at radius 2 is 2.50 bits per heavy atom. The molecule has 0 aliphatic heterocycles. The van der Waals surface area contributed by atoms with Crippen LogP contribution in [-0.4, -0.2) is 25.7 Å². The largest absolute Gasteiger partial charge is 0.360 e. The topological polar surface area (TPSA) is 55.6 Å². The minimum atomic E-state index is 0.856. The van der Waals surface area contributed by atoms with Crippen LogP contribution in [0, 0.1) is 0 Å². The lowest BCUT2D eigenvalue weighted by Gasteiger charge is -2.02. The first-order chi connectivity index (χ1) is 6.86. The zero-order valence-corrected chi connectivity index (χ0v) is 8.66. The van der Waals surface area contributed by atoms with Gasteiger partial charge in [0.1, 0.15) is 6.33 Å². The summed E-state index contributed by atoms with van der Waals surface area (Å²) in [6.45, 7) is 0.856. The predicted octanol–water partition coefficient (Wildman–Crippen LogP) is 0.926. The van der Waals surface area contributed by atoms with Crippen LogP contribution in [0.15, 0.2) is 18.6 Å². The molecule has 6 heteroatoms. The minimum Gasteiger partial charge on any atom is -0.360 e. The Balaban J connectivity index is 1.81. The molecule has 0 aromatic carbocycles. The number of rotatable bonds is 4. The van der Waals surface area contributed by atoms with Gasteiger partial charge in [-0.3, -0.25) is 4.68 Å². The van der Waals surface area contributed by atoms with E-state index < -0.39 is 0 Å². The normalized spacial score (nSPS) is 10.4. The van der Waals surface area contributed by atoms with Crippen LogP contribution in [0.4, 0.5) is 5.13 Å². The average Bonchev–Trinajstić information content (AvgIpc) is 2.78. The van der Waals surface area contributed by atoms with E-state index in [1.54, 1.807) is 12.5 Å². The van der Waals surface area contributed by atoms with Gasteiger partial charge >= 0.3 is 0 Å². The summed E-state index contributed by atoms with van der Waals surface area (Å²) in [4.78, 5) is 4.03. The monoisotopic (exact) mass is 209 g/mol. The molecule has 0 aliphatic rings. The van der Waals surface area contributed by atoms with Gasteiger partial charge in [-0.1, -0.05) is 0 Å². The van der Waals surface area contributed by atoms with Gasteiger partial charge in [-0.15, -0.1) is 0 Å². The van der Waals surface area contributed by atoms with Gasteiger partial charge in [0.05, 0.1) is 0 Å². The molecule has 0 atom stereocenters. The second-order valence-electron chi connectivity index (χ2n) is 2.87. The third-order valence-electron chi connectivity index (χ3n) is 1.94. The molecule has 2 aromatic rings. The number of nitrogens with zero attached hydrogens (tertiary/aromatic N) is 4. The van der Waals surface area contributed by atoms with Gasteiger partial charge in [-0.05, 0) is 6.07 Å². The lowest BCUT2D eigenvalue weighted by Crippen LogP contribution is -2.07. The fraction of sp³-hybridized carbons (Fsp3) is 0.375. The lowest BCUT2D eigenvalue weighted by molar-refractivity contribution is 0.711. The molecule has 0 bridgehead atoms. The van der Waals surface area contributed by atoms with Crippen molar-refractivity contribution >= 4 is 16.7 Å². The molecule has 2 heterocycles. The van der Waals surface area contributed by atoms with E-state index in [2.05, 4.69) is 19.8 Å². The third kappa shape index (κ3) is 2.08. The Labute approximate surface area is 86.0 Å². The standard InChI is InChI=1S/C8H11N5S/c1-13-7(3-5-11-13)2-4-9-8-10-6-12-14-8/h3,5-6H,2,4H2,1H3,(H,9,10,12). The third-order valence-corrected chi connectivity index (χ3v) is 2.56. The van der Waals surface area contributed by atoms with Crippen molar-refractivity contribution in [2.75, 3.05) is 11.9 Å². The molecule has 0 saturated carbocycles. The van der Waals surface area contributed by atoms with E-state index in [1.807, 2.05) is 17.8 Å². The molecule has 0 amide bonds. The number of hydrogen-bond acceptors (Lipinski definition) is 5. The second kappa shape index (κ2) is 4.19. The van der Waals surface area contributed by atoms with Gasteiger partial charge in [-0.2, -0.15) is 9.47 Å². The van der Waals surface area contributed by atoms with Crippen molar-refractivity contribution in [2.45, 2.75) is 6.42 Å². The fourth-order valence-electron chi connectivity index (χ4n) is 1.20. The van der Waals surface area contributed by atoms with Crippen molar-refractivity contribution in [1.29, 1.82) is 0 Å². The summed E-state index contributed by atoms with van der Waals surface area (Å²) in [5.74, 6) is 0. The maximum absolute atomic E-state index is 4.10. The maximum atomic E-state index is 4.10. The van der Waals surface area contributed by atoms with Gasteiger partial charge < -0.3 is 5.32 Å². The van der Waals surface area contributed by atoms with Crippen LogP contribution in [0.1, 0.15) is 5.69 Å². The summed E-state index contributed by atoms with van der Waals surface area (Å²) >= 11 is 1.37. The van der Waals surface area contributed by atoms with E-state index in [0.717, 1.165) is 18.1 Å². The fourth-order valence-corrected chi connectivity index (χ4v) is 1.65. The van der Waals surface area contributed by atoms with Crippen molar-refractivity contribution in [1.82, 2.24) is 19.1 Å². The highest BCUT2D eigenvalue weighted by Crippen LogP contribution is 2.06. The summed E-state index contributed by atoms with van der Waals surface area (Å²) in [6, 6.07) is 2.02. The first-order valence-electron chi connectivity index (χ1n) is 4.33. The molecule has 74 valence electrons. The highest BCUT2D eigenvalue weighted by molar-refractivity contribution is 7.09. The first-order valence-corrected chi connectivity index (χ1v) is 5.11. The maximum Gasteiger partial charge on any atom is 0.202 e. The zero-order valence-electron chi connectivity index (χ0n) is 7.84. The molecular formula is C8H11N5S. The summed E-state index contributed by atoms with van der Waals surface area (Å²) in [5.41, 5.74) is 1.21. The summed E-state index contributed by atoms with van der Waals surface area (Å²) < 4.78 is 5.78. The van der Waals surface area contributed by atoms with Crippen LogP contribution in [0.2, 0.25) is 0 Å². The van der Waals surface area contributed by atoms with Crippen molar-refractivity contribution in [3.63, 3.8) is 0 Å². The Kier molecular flexibility index (Phi) is 2.73. The zero-order chi connectivity index (χ0) is 9.80. The van der Waals surface area contributed by atoms with Crippen LogP contribution in [0.5, 0.6) is 0 Å². The molecule has 0 unspecified atom stereocenters. The van der Waals surface area contributed by atoms with Gasteiger partial charge in [-0.25, -0.2) is 4.98 Å². The van der Waals surface area contributed by atoms with Crippen molar-refractivity contribution in [3.05, 3.63) is 24.3 Å². The molecule has 14 heavy (non-hydrogen) atoms. The molecule has 0 aliphatic carbocycles. The quantitative estimate of drug-likeness (QED) is 0.813. The summed E-state index contributed by atoms with van der Waals surface area (Å²) in [7, 11) is 1.94. The van der Waals surface area contributed by atoms with E-state index in [0.29, 0.717) is 0 Å². The number of anilines is 1. The van der Waals surface area contributed by atoms with Crippen LogP contribution in [-0.2, 0) is 13.5 Å². The molecule has 2 aromatic heterocycles. The van der Waals surface area contributed by atoms with Gasteiger partial charge in [0, 0.05) is 43.4 Å². The SMILES string of the molecule is Cn1nccc1CCNc1ncns1. The van der Waals surface area contributed by atoms with Crippen LogP contribution in [0.3, 0.4) is 0 Å². The van der Waals surface area contributed by atoms with Crippen molar-refractivity contribution in [3.8, 4) is 0 Å². The Bertz CT molecular complexity index is 380. The van der Waals surface area contributed by atoms with E-state index in [1.165, 1.54) is 17.2 Å². The van der Waals surface area contributed by atoms with E-state index in [-0.39, 0.29) is 0 Å². The highest BCUT2D eigenvalue weighted by Gasteiger charge is 1.99. The van der Waals surface area contributed by atoms with Crippen LogP contribution >= 0.6 is 11.5 Å². The minimum absolute atomic E-state index is 0.856. The van der Waals surface area contributed by atoms with E-state index in [9.17, 15) is 0 Å². The molecule has 0 saturated heterocycles. The molecule has 2 rings (SSSR count). The highest BCUT2D eigenvalue weighted by atomic mass is 32.1. The molecule has 5 nitrogen and oxygen atoms in total. The van der Waals surface area contributed by atoms with Gasteiger partial charge in [0.25, 0.3) is 0 Å². The van der Waals surface area contributed by atoms with Gasteiger partial charge in [0.15, 0.2) is 0 Å². The Morgan fingerprint density at radius 1 is 1.57 bits per heavy atom. The van der Waals surface area contributed by atoms with Gasteiger partial charge in [0.2, 0.25) is 5.13 Å². The van der Waals surface area contributed by atoms with Crippen molar-refractivity contribution < 1.29 is 0 Å². The molecule has 1 N–H and O–H groups in total. The van der Waals surface area contributed by atoms with Crippen LogP contribution in [0.25, 0.3) is 0 Å².